The Morgan fingerprint density at radius 2 is 2.00 bits per heavy atom. The first-order chi connectivity index (χ1) is 10.9. The van der Waals surface area contributed by atoms with Crippen LogP contribution >= 0.6 is 24.0 Å². The summed E-state index contributed by atoms with van der Waals surface area (Å²) in [4.78, 5) is 8.33. The Labute approximate surface area is 159 Å². The van der Waals surface area contributed by atoms with E-state index in [1.165, 1.54) is 12.4 Å². The first-order valence-electron chi connectivity index (χ1n) is 7.46. The number of halogens is 2. The normalized spacial score (nSPS) is 11.8. The Bertz CT molecular complexity index is 683. The van der Waals surface area contributed by atoms with Gasteiger partial charge in [0.05, 0.1) is 6.54 Å². The van der Waals surface area contributed by atoms with Gasteiger partial charge in [0.1, 0.15) is 18.0 Å². The lowest BCUT2D eigenvalue weighted by Crippen LogP contribution is -2.43. The molecule has 0 atom stereocenters. The maximum atomic E-state index is 14.0. The lowest BCUT2D eigenvalue weighted by Gasteiger charge is -2.27. The van der Waals surface area contributed by atoms with Gasteiger partial charge in [-0.15, -0.1) is 24.0 Å². The van der Waals surface area contributed by atoms with E-state index >= 15 is 0 Å². The zero-order chi connectivity index (χ0) is 16.9. The molecule has 0 aliphatic rings. The minimum Gasteiger partial charge on any atom is -0.356 e. The monoisotopic (exact) mass is 446 g/mol. The third-order valence-corrected chi connectivity index (χ3v) is 3.74. The molecule has 132 valence electrons. The predicted molar refractivity (Wildman–Crippen MR) is 104 cm³/mol. The summed E-state index contributed by atoms with van der Waals surface area (Å²) in [7, 11) is 3.53. The van der Waals surface area contributed by atoms with Crippen LogP contribution < -0.4 is 10.6 Å². The van der Waals surface area contributed by atoms with E-state index in [-0.39, 0.29) is 35.2 Å². The van der Waals surface area contributed by atoms with Gasteiger partial charge in [-0.3, -0.25) is 9.67 Å². The molecule has 0 aliphatic heterocycles. The summed E-state index contributed by atoms with van der Waals surface area (Å²) in [6, 6.07) is 6.84. The molecule has 0 radical (unpaired) electrons. The second kappa shape index (κ2) is 8.95. The van der Waals surface area contributed by atoms with Crippen molar-refractivity contribution >= 4 is 29.9 Å². The van der Waals surface area contributed by atoms with Crippen molar-refractivity contribution in [2.45, 2.75) is 25.8 Å². The molecule has 24 heavy (non-hydrogen) atoms. The molecule has 0 unspecified atom stereocenters. The van der Waals surface area contributed by atoms with Gasteiger partial charge in [-0.05, 0) is 11.6 Å². The molecule has 1 heterocycles. The van der Waals surface area contributed by atoms with Crippen molar-refractivity contribution in [3.8, 4) is 0 Å². The molecule has 2 N–H and O–H groups in total. The van der Waals surface area contributed by atoms with Gasteiger partial charge in [-0.25, -0.2) is 9.37 Å². The summed E-state index contributed by atoms with van der Waals surface area (Å²) in [6.07, 6.45) is 1.51. The zero-order valence-corrected chi connectivity index (χ0v) is 16.7. The molecule has 0 bridgehead atoms. The van der Waals surface area contributed by atoms with Crippen LogP contribution in [0.15, 0.2) is 35.6 Å². The van der Waals surface area contributed by atoms with E-state index in [1.54, 1.807) is 17.8 Å². The third kappa shape index (κ3) is 5.15. The number of aryl methyl sites for hydroxylation is 1. The topological polar surface area (TPSA) is 67.1 Å². The highest BCUT2D eigenvalue weighted by Crippen LogP contribution is 2.24. The maximum absolute atomic E-state index is 14.0. The number of benzene rings is 1. The van der Waals surface area contributed by atoms with Crippen LogP contribution in [-0.4, -0.2) is 34.3 Å². The number of aromatic nitrogens is 3. The van der Waals surface area contributed by atoms with E-state index < -0.39 is 0 Å². The molecule has 0 fully saturated rings. The van der Waals surface area contributed by atoms with E-state index in [4.69, 9.17) is 0 Å². The van der Waals surface area contributed by atoms with Crippen molar-refractivity contribution in [2.24, 2.45) is 12.0 Å². The highest BCUT2D eigenvalue weighted by atomic mass is 127. The van der Waals surface area contributed by atoms with Gasteiger partial charge < -0.3 is 10.6 Å². The standard InChI is InChI=1S/C16H23FN6.HI/c1-16(2,12-7-5-6-8-13(12)17)10-20-15(18-3)19-9-14-21-11-22-23(14)4;/h5-8,11H,9-10H2,1-4H3,(H2,18,19,20);1H. The van der Waals surface area contributed by atoms with E-state index in [1.807, 2.05) is 33.0 Å². The van der Waals surface area contributed by atoms with E-state index in [9.17, 15) is 4.39 Å². The van der Waals surface area contributed by atoms with E-state index in [0.717, 1.165) is 5.82 Å². The average Bonchev–Trinajstić information content (AvgIpc) is 2.93. The Balaban J connectivity index is 0.00000288. The molecule has 2 rings (SSSR count). The van der Waals surface area contributed by atoms with Crippen LogP contribution in [0.2, 0.25) is 0 Å². The Morgan fingerprint density at radius 3 is 2.58 bits per heavy atom. The van der Waals surface area contributed by atoms with Gasteiger partial charge in [-0.1, -0.05) is 32.0 Å². The number of hydrogen-bond acceptors (Lipinski definition) is 3. The fourth-order valence-electron chi connectivity index (χ4n) is 2.27. The number of aliphatic imine (C=N–C) groups is 1. The van der Waals surface area contributed by atoms with Gasteiger partial charge in [0.15, 0.2) is 5.96 Å². The van der Waals surface area contributed by atoms with Gasteiger partial charge in [0.25, 0.3) is 0 Å². The quantitative estimate of drug-likeness (QED) is 0.420. The second-order valence-corrected chi connectivity index (χ2v) is 5.94. The summed E-state index contributed by atoms with van der Waals surface area (Å²) in [5.41, 5.74) is 0.310. The molecule has 1 aromatic carbocycles. The minimum absolute atomic E-state index is 0. The second-order valence-electron chi connectivity index (χ2n) is 5.94. The first kappa shape index (κ1) is 20.3. The van der Waals surface area contributed by atoms with Gasteiger partial charge in [0, 0.05) is 26.1 Å². The maximum Gasteiger partial charge on any atom is 0.191 e. The van der Waals surface area contributed by atoms with Crippen LogP contribution in [0.25, 0.3) is 0 Å². The lowest BCUT2D eigenvalue weighted by atomic mass is 9.84. The summed E-state index contributed by atoms with van der Waals surface area (Å²) >= 11 is 0. The van der Waals surface area contributed by atoms with Gasteiger partial charge in [-0.2, -0.15) is 5.10 Å². The van der Waals surface area contributed by atoms with Crippen molar-refractivity contribution in [3.63, 3.8) is 0 Å². The lowest BCUT2D eigenvalue weighted by molar-refractivity contribution is 0.472. The molecule has 0 aliphatic carbocycles. The molecule has 1 aromatic heterocycles. The summed E-state index contributed by atoms with van der Waals surface area (Å²) < 4.78 is 15.7. The van der Waals surface area contributed by atoms with Crippen molar-refractivity contribution in [1.82, 2.24) is 25.4 Å². The molecular formula is C16H24FIN6. The highest BCUT2D eigenvalue weighted by Gasteiger charge is 2.24. The van der Waals surface area contributed by atoms with E-state index in [2.05, 4.69) is 25.7 Å². The summed E-state index contributed by atoms with van der Waals surface area (Å²) in [5, 5.41) is 10.4. The van der Waals surface area contributed by atoms with Crippen molar-refractivity contribution < 1.29 is 4.39 Å². The molecule has 0 amide bonds. The summed E-state index contributed by atoms with van der Waals surface area (Å²) in [6.45, 7) is 5.05. The fraction of sp³-hybridized carbons (Fsp3) is 0.438. The van der Waals surface area contributed by atoms with Crippen LogP contribution in [-0.2, 0) is 19.0 Å². The number of hydrogen-bond donors (Lipinski definition) is 2. The zero-order valence-electron chi connectivity index (χ0n) is 14.4. The van der Waals surface area contributed by atoms with Crippen LogP contribution in [0.1, 0.15) is 25.2 Å². The average molecular weight is 446 g/mol. The van der Waals surface area contributed by atoms with Crippen LogP contribution in [0.3, 0.4) is 0 Å². The molecule has 0 saturated carbocycles. The summed E-state index contributed by atoms with van der Waals surface area (Å²) in [5.74, 6) is 1.25. The molecule has 8 heteroatoms. The first-order valence-corrected chi connectivity index (χ1v) is 7.46. The molecular weight excluding hydrogens is 422 g/mol. The van der Waals surface area contributed by atoms with Crippen molar-refractivity contribution in [1.29, 1.82) is 0 Å². The number of nitrogens with zero attached hydrogens (tertiary/aromatic N) is 4. The van der Waals surface area contributed by atoms with Crippen molar-refractivity contribution in [3.05, 3.63) is 47.8 Å². The molecule has 0 spiro atoms. The Morgan fingerprint density at radius 1 is 1.29 bits per heavy atom. The largest absolute Gasteiger partial charge is 0.356 e. The van der Waals surface area contributed by atoms with Gasteiger partial charge >= 0.3 is 0 Å². The Kier molecular flexibility index (Phi) is 7.59. The van der Waals surface area contributed by atoms with Crippen LogP contribution in [0, 0.1) is 5.82 Å². The number of guanidine groups is 1. The molecule has 2 aromatic rings. The Hall–Kier alpha value is -1.71. The SMILES string of the molecule is CN=C(NCc1ncnn1C)NCC(C)(C)c1ccccc1F.I. The predicted octanol–water partition coefficient (Wildman–Crippen LogP) is 2.22. The third-order valence-electron chi connectivity index (χ3n) is 3.74. The fourth-order valence-corrected chi connectivity index (χ4v) is 2.27. The highest BCUT2D eigenvalue weighted by molar-refractivity contribution is 14.0. The van der Waals surface area contributed by atoms with Crippen molar-refractivity contribution in [2.75, 3.05) is 13.6 Å². The number of rotatable bonds is 5. The van der Waals surface area contributed by atoms with E-state index in [0.29, 0.717) is 24.6 Å². The molecule has 6 nitrogen and oxygen atoms in total. The van der Waals surface area contributed by atoms with Crippen LogP contribution in [0.5, 0.6) is 0 Å². The van der Waals surface area contributed by atoms with Crippen LogP contribution in [0.4, 0.5) is 4.39 Å². The van der Waals surface area contributed by atoms with Gasteiger partial charge in [0.2, 0.25) is 0 Å². The molecule has 0 saturated heterocycles. The minimum atomic E-state index is -0.367. The number of nitrogens with one attached hydrogen (secondary N) is 2. The smallest absolute Gasteiger partial charge is 0.191 e.